The van der Waals surface area contributed by atoms with E-state index in [1.807, 2.05) is 11.8 Å². The van der Waals surface area contributed by atoms with Crippen molar-refractivity contribution in [1.29, 1.82) is 0 Å². The third-order valence-corrected chi connectivity index (χ3v) is 5.52. The molecule has 0 unspecified atom stereocenters. The van der Waals surface area contributed by atoms with Gasteiger partial charge in [-0.15, -0.1) is 24.0 Å². The molecule has 1 aromatic carbocycles. The highest BCUT2D eigenvalue weighted by atomic mass is 127. The Balaban J connectivity index is 0.00000320. The molecule has 7 nitrogen and oxygen atoms in total. The van der Waals surface area contributed by atoms with Gasteiger partial charge in [-0.1, -0.05) is 6.07 Å². The quantitative estimate of drug-likeness (QED) is 0.331. The molecule has 2 N–H and O–H groups in total. The Morgan fingerprint density at radius 2 is 1.83 bits per heavy atom. The summed E-state index contributed by atoms with van der Waals surface area (Å²) in [4.78, 5) is 23.4. The number of hydrogen-bond donors (Lipinski definition) is 2. The predicted molar refractivity (Wildman–Crippen MR) is 126 cm³/mol. The van der Waals surface area contributed by atoms with Crippen molar-refractivity contribution in [3.8, 4) is 0 Å². The number of hydrogen-bond acceptors (Lipinski definition) is 4. The fraction of sp³-hybridized carbons (Fsp3) is 0.619. The molecule has 9 heteroatoms. The number of rotatable bonds is 6. The number of amides is 1. The lowest BCUT2D eigenvalue weighted by Gasteiger charge is -2.36. The Morgan fingerprint density at radius 1 is 1.13 bits per heavy atom. The van der Waals surface area contributed by atoms with E-state index in [4.69, 9.17) is 4.99 Å². The van der Waals surface area contributed by atoms with Crippen molar-refractivity contribution in [1.82, 2.24) is 20.0 Å². The Labute approximate surface area is 195 Å². The SMILES string of the molecule is CCNC(=NCc1ccc(F)c(CO)c1)N1CCN(CC(=O)N2CCCC2)CC1.I. The Morgan fingerprint density at radius 3 is 2.47 bits per heavy atom. The van der Waals surface area contributed by atoms with Crippen molar-refractivity contribution in [3.63, 3.8) is 0 Å². The van der Waals surface area contributed by atoms with Crippen LogP contribution in [0, 0.1) is 5.82 Å². The minimum absolute atomic E-state index is 0. The standard InChI is InChI=1S/C21H32FN5O2.HI/c1-2-23-21(24-14-17-5-6-19(22)18(13-17)16-28)27-11-9-25(10-12-27)15-20(29)26-7-3-4-8-26;/h5-6,13,28H,2-4,7-12,14-16H2,1H3,(H,23,24);1H. The predicted octanol–water partition coefficient (Wildman–Crippen LogP) is 1.64. The van der Waals surface area contributed by atoms with E-state index in [0.717, 1.165) is 70.2 Å². The molecule has 0 aliphatic carbocycles. The summed E-state index contributed by atoms with van der Waals surface area (Å²) >= 11 is 0. The molecule has 1 aromatic rings. The lowest BCUT2D eigenvalue weighted by Crippen LogP contribution is -2.54. The molecule has 2 saturated heterocycles. The molecular formula is C21H33FIN5O2. The second-order valence-corrected chi connectivity index (χ2v) is 7.61. The van der Waals surface area contributed by atoms with Gasteiger partial charge in [-0.25, -0.2) is 9.38 Å². The number of aliphatic imine (C=N–C) groups is 1. The van der Waals surface area contributed by atoms with Gasteiger partial charge in [0.2, 0.25) is 5.91 Å². The molecule has 3 rings (SSSR count). The number of likely N-dealkylation sites (tertiary alicyclic amines) is 1. The van der Waals surface area contributed by atoms with Crippen LogP contribution in [-0.4, -0.2) is 84.0 Å². The van der Waals surface area contributed by atoms with E-state index in [1.165, 1.54) is 6.07 Å². The maximum absolute atomic E-state index is 13.6. The molecular weight excluding hydrogens is 500 g/mol. The highest BCUT2D eigenvalue weighted by Gasteiger charge is 2.24. The molecule has 168 valence electrons. The largest absolute Gasteiger partial charge is 0.392 e. The van der Waals surface area contributed by atoms with E-state index in [0.29, 0.717) is 18.7 Å². The summed E-state index contributed by atoms with van der Waals surface area (Å²) in [6.07, 6.45) is 2.24. The minimum Gasteiger partial charge on any atom is -0.392 e. The zero-order chi connectivity index (χ0) is 20.6. The van der Waals surface area contributed by atoms with E-state index in [1.54, 1.807) is 12.1 Å². The summed E-state index contributed by atoms with van der Waals surface area (Å²) in [5.41, 5.74) is 1.15. The smallest absolute Gasteiger partial charge is 0.236 e. The summed E-state index contributed by atoms with van der Waals surface area (Å²) in [6.45, 7) is 8.47. The van der Waals surface area contributed by atoms with Crippen LogP contribution in [0.25, 0.3) is 0 Å². The van der Waals surface area contributed by atoms with E-state index >= 15 is 0 Å². The molecule has 1 amide bonds. The highest BCUT2D eigenvalue weighted by molar-refractivity contribution is 14.0. The third-order valence-electron chi connectivity index (χ3n) is 5.52. The first kappa shape index (κ1) is 24.8. The molecule has 0 saturated carbocycles. The maximum atomic E-state index is 13.6. The van der Waals surface area contributed by atoms with Crippen LogP contribution in [0.1, 0.15) is 30.9 Å². The van der Waals surface area contributed by atoms with Gasteiger partial charge in [0.1, 0.15) is 5.82 Å². The number of halogens is 2. The first-order chi connectivity index (χ1) is 14.1. The average Bonchev–Trinajstić information content (AvgIpc) is 3.28. The van der Waals surface area contributed by atoms with Crippen LogP contribution in [0.15, 0.2) is 23.2 Å². The molecule has 2 heterocycles. The van der Waals surface area contributed by atoms with Gasteiger partial charge in [0.05, 0.1) is 19.7 Å². The third kappa shape index (κ3) is 6.78. The van der Waals surface area contributed by atoms with Gasteiger partial charge in [0.25, 0.3) is 0 Å². The topological polar surface area (TPSA) is 71.4 Å². The number of nitrogens with one attached hydrogen (secondary N) is 1. The number of carbonyl (C=O) groups excluding carboxylic acids is 1. The van der Waals surface area contributed by atoms with Crippen molar-refractivity contribution in [3.05, 3.63) is 35.1 Å². The zero-order valence-electron chi connectivity index (χ0n) is 17.6. The first-order valence-corrected chi connectivity index (χ1v) is 10.5. The van der Waals surface area contributed by atoms with Crippen molar-refractivity contribution in [2.75, 3.05) is 52.4 Å². The van der Waals surface area contributed by atoms with Crippen molar-refractivity contribution in [2.24, 2.45) is 4.99 Å². The Bertz CT molecular complexity index is 719. The van der Waals surface area contributed by atoms with Crippen molar-refractivity contribution >= 4 is 35.8 Å². The molecule has 0 atom stereocenters. The van der Waals surface area contributed by atoms with Crippen molar-refractivity contribution < 1.29 is 14.3 Å². The van der Waals surface area contributed by atoms with Gasteiger partial charge in [-0.3, -0.25) is 9.69 Å². The number of piperazine rings is 1. The summed E-state index contributed by atoms with van der Waals surface area (Å²) in [7, 11) is 0. The van der Waals surface area contributed by atoms with Crippen LogP contribution in [0.5, 0.6) is 0 Å². The first-order valence-electron chi connectivity index (χ1n) is 10.5. The Kier molecular flexibility index (Phi) is 10.3. The van der Waals surface area contributed by atoms with Gasteiger partial charge in [0, 0.05) is 51.4 Å². The normalized spacial score (nSPS) is 17.8. The molecule has 2 aliphatic rings. The van der Waals surface area contributed by atoms with E-state index in [9.17, 15) is 14.3 Å². The van der Waals surface area contributed by atoms with Crippen LogP contribution < -0.4 is 5.32 Å². The number of nitrogens with zero attached hydrogens (tertiary/aromatic N) is 4. The minimum atomic E-state index is -0.397. The number of guanidine groups is 1. The van der Waals surface area contributed by atoms with Crippen LogP contribution >= 0.6 is 24.0 Å². The van der Waals surface area contributed by atoms with Crippen molar-refractivity contribution in [2.45, 2.75) is 32.9 Å². The lowest BCUT2D eigenvalue weighted by atomic mass is 10.1. The monoisotopic (exact) mass is 533 g/mol. The maximum Gasteiger partial charge on any atom is 0.236 e. The number of aliphatic hydroxyl groups is 1. The van der Waals surface area contributed by atoms with E-state index in [-0.39, 0.29) is 36.5 Å². The summed E-state index contributed by atoms with van der Waals surface area (Å²) in [5.74, 6) is 0.673. The molecule has 2 aliphatic heterocycles. The second-order valence-electron chi connectivity index (χ2n) is 7.61. The summed E-state index contributed by atoms with van der Waals surface area (Å²) in [5, 5.41) is 12.6. The molecule has 0 aromatic heterocycles. The lowest BCUT2D eigenvalue weighted by molar-refractivity contribution is -0.131. The molecule has 0 bridgehead atoms. The fourth-order valence-electron chi connectivity index (χ4n) is 3.82. The fourth-order valence-corrected chi connectivity index (χ4v) is 3.82. The number of carbonyl (C=O) groups is 1. The summed E-state index contributed by atoms with van der Waals surface area (Å²) in [6, 6.07) is 4.73. The molecule has 0 radical (unpaired) electrons. The van der Waals surface area contributed by atoms with E-state index in [2.05, 4.69) is 15.1 Å². The van der Waals surface area contributed by atoms with Crippen LogP contribution in [-0.2, 0) is 17.9 Å². The van der Waals surface area contributed by atoms with Gasteiger partial charge in [-0.2, -0.15) is 0 Å². The molecule has 0 spiro atoms. The van der Waals surface area contributed by atoms with E-state index < -0.39 is 5.82 Å². The zero-order valence-corrected chi connectivity index (χ0v) is 20.0. The Hall–Kier alpha value is -1.46. The van der Waals surface area contributed by atoms with Crippen LogP contribution in [0.4, 0.5) is 4.39 Å². The second kappa shape index (κ2) is 12.4. The van der Waals surface area contributed by atoms with Gasteiger partial charge < -0.3 is 20.2 Å². The van der Waals surface area contributed by atoms with Gasteiger partial charge in [0.15, 0.2) is 5.96 Å². The average molecular weight is 533 g/mol. The van der Waals surface area contributed by atoms with Gasteiger partial charge in [-0.05, 0) is 37.5 Å². The molecule has 2 fully saturated rings. The van der Waals surface area contributed by atoms with Crippen LogP contribution in [0.3, 0.4) is 0 Å². The number of benzene rings is 1. The van der Waals surface area contributed by atoms with Crippen LogP contribution in [0.2, 0.25) is 0 Å². The molecule has 30 heavy (non-hydrogen) atoms. The summed E-state index contributed by atoms with van der Waals surface area (Å²) < 4.78 is 13.6. The number of aliphatic hydroxyl groups excluding tert-OH is 1. The highest BCUT2D eigenvalue weighted by Crippen LogP contribution is 2.13. The van der Waals surface area contributed by atoms with Gasteiger partial charge >= 0.3 is 0 Å².